The van der Waals surface area contributed by atoms with Gasteiger partial charge in [-0.3, -0.25) is 5.21 Å². The highest BCUT2D eigenvalue weighted by atomic mass is 19.4. The molecule has 0 aromatic heterocycles. The maximum atomic E-state index is 12.1. The summed E-state index contributed by atoms with van der Waals surface area (Å²) in [5, 5.41) is 10.2. The first-order chi connectivity index (χ1) is 6.93. The van der Waals surface area contributed by atoms with Crippen LogP contribution in [0.2, 0.25) is 0 Å². The number of carbonyl (C=O) groups is 1. The Labute approximate surface area is 82.7 Å². The van der Waals surface area contributed by atoms with Gasteiger partial charge in [-0.15, -0.1) is 0 Å². The van der Waals surface area contributed by atoms with Crippen LogP contribution in [-0.2, 0) is 6.18 Å². The maximum absolute atomic E-state index is 12.1. The van der Waals surface area contributed by atoms with Crippen LogP contribution in [0.3, 0.4) is 0 Å². The molecule has 0 bridgehead atoms. The van der Waals surface area contributed by atoms with Gasteiger partial charge < -0.3 is 5.32 Å². The summed E-state index contributed by atoms with van der Waals surface area (Å²) < 4.78 is 36.3. The van der Waals surface area contributed by atoms with E-state index in [2.05, 4.69) is 5.32 Å². The van der Waals surface area contributed by atoms with E-state index in [0.717, 1.165) is 24.3 Å². The Hall–Kier alpha value is -1.76. The fourth-order valence-corrected chi connectivity index (χ4v) is 0.902. The third-order valence-electron chi connectivity index (χ3n) is 1.57. The molecule has 0 fully saturated rings. The minimum atomic E-state index is -4.40. The van der Waals surface area contributed by atoms with Crippen LogP contribution in [0.4, 0.5) is 23.7 Å². The van der Waals surface area contributed by atoms with Gasteiger partial charge >= 0.3 is 12.2 Å². The van der Waals surface area contributed by atoms with Crippen molar-refractivity contribution in [2.24, 2.45) is 0 Å². The Morgan fingerprint density at radius 3 is 2.13 bits per heavy atom. The molecule has 0 radical (unpaired) electrons. The van der Waals surface area contributed by atoms with Gasteiger partial charge in [0.1, 0.15) is 0 Å². The normalized spacial score (nSPS) is 10.9. The molecule has 3 N–H and O–H groups in total. The zero-order chi connectivity index (χ0) is 11.5. The van der Waals surface area contributed by atoms with Gasteiger partial charge in [-0.2, -0.15) is 13.2 Å². The molecule has 0 heterocycles. The van der Waals surface area contributed by atoms with E-state index in [1.165, 1.54) is 5.48 Å². The van der Waals surface area contributed by atoms with Crippen molar-refractivity contribution in [3.05, 3.63) is 29.8 Å². The second kappa shape index (κ2) is 4.18. The topological polar surface area (TPSA) is 61.4 Å². The first kappa shape index (κ1) is 11.3. The highest BCUT2D eigenvalue weighted by Crippen LogP contribution is 2.29. The van der Waals surface area contributed by atoms with Crippen molar-refractivity contribution in [2.75, 3.05) is 5.32 Å². The number of hydrogen-bond acceptors (Lipinski definition) is 2. The van der Waals surface area contributed by atoms with Crippen molar-refractivity contribution in [3.63, 3.8) is 0 Å². The number of hydroxylamine groups is 1. The molecule has 1 rings (SSSR count). The van der Waals surface area contributed by atoms with Crippen molar-refractivity contribution in [1.29, 1.82) is 0 Å². The minimum absolute atomic E-state index is 0.148. The van der Waals surface area contributed by atoms with E-state index in [4.69, 9.17) is 5.21 Å². The van der Waals surface area contributed by atoms with E-state index >= 15 is 0 Å². The second-order valence-corrected chi connectivity index (χ2v) is 2.64. The summed E-state index contributed by atoms with van der Waals surface area (Å²) in [5.41, 5.74) is 0.626. The van der Waals surface area contributed by atoms with Crippen LogP contribution in [0.1, 0.15) is 5.56 Å². The molecule has 0 aliphatic carbocycles. The number of benzene rings is 1. The molecule has 2 amide bonds. The molecule has 0 saturated heterocycles. The van der Waals surface area contributed by atoms with Crippen LogP contribution < -0.4 is 10.8 Å². The van der Waals surface area contributed by atoms with E-state index < -0.39 is 17.8 Å². The average Bonchev–Trinajstić information content (AvgIpc) is 2.17. The largest absolute Gasteiger partial charge is 0.416 e. The summed E-state index contributed by atoms with van der Waals surface area (Å²) in [5.74, 6) is 0. The molecule has 15 heavy (non-hydrogen) atoms. The predicted molar refractivity (Wildman–Crippen MR) is 45.4 cm³/mol. The van der Waals surface area contributed by atoms with E-state index in [1.54, 1.807) is 0 Å². The van der Waals surface area contributed by atoms with Crippen molar-refractivity contribution in [1.82, 2.24) is 5.48 Å². The maximum Gasteiger partial charge on any atom is 0.416 e. The number of nitrogens with one attached hydrogen (secondary N) is 2. The molecule has 0 saturated carbocycles. The number of rotatable bonds is 1. The SMILES string of the molecule is O=C(NO)Nc1ccc(C(F)(F)F)cc1. The molecule has 0 atom stereocenters. The first-order valence-electron chi connectivity index (χ1n) is 3.82. The number of hydrogen-bond donors (Lipinski definition) is 3. The number of urea groups is 1. The smallest absolute Gasteiger partial charge is 0.306 e. The Bertz CT molecular complexity index is 348. The van der Waals surface area contributed by atoms with Gasteiger partial charge in [-0.1, -0.05) is 0 Å². The molecule has 0 aliphatic rings. The lowest BCUT2D eigenvalue weighted by atomic mass is 10.2. The third-order valence-corrected chi connectivity index (χ3v) is 1.57. The van der Waals surface area contributed by atoms with Gasteiger partial charge in [-0.25, -0.2) is 10.3 Å². The third kappa shape index (κ3) is 3.13. The van der Waals surface area contributed by atoms with E-state index in [9.17, 15) is 18.0 Å². The molecule has 4 nitrogen and oxygen atoms in total. The molecular formula is C8H7F3N2O2. The molecule has 1 aromatic carbocycles. The van der Waals surface area contributed by atoms with Crippen LogP contribution in [0.25, 0.3) is 0 Å². The average molecular weight is 220 g/mol. The molecule has 82 valence electrons. The lowest BCUT2D eigenvalue weighted by Crippen LogP contribution is -2.25. The molecule has 0 aliphatic heterocycles. The van der Waals surface area contributed by atoms with Gasteiger partial charge in [0.05, 0.1) is 5.56 Å². The van der Waals surface area contributed by atoms with Crippen LogP contribution in [0, 0.1) is 0 Å². The highest BCUT2D eigenvalue weighted by Gasteiger charge is 2.29. The fraction of sp³-hybridized carbons (Fsp3) is 0.125. The van der Waals surface area contributed by atoms with E-state index in [1.807, 2.05) is 0 Å². The summed E-state index contributed by atoms with van der Waals surface area (Å²) in [4.78, 5) is 10.6. The van der Waals surface area contributed by atoms with E-state index in [-0.39, 0.29) is 5.69 Å². The summed E-state index contributed by atoms with van der Waals surface area (Å²) in [6.07, 6.45) is -4.40. The first-order valence-corrected chi connectivity index (χ1v) is 3.82. The van der Waals surface area contributed by atoms with Crippen LogP contribution in [0.15, 0.2) is 24.3 Å². The van der Waals surface area contributed by atoms with Crippen molar-refractivity contribution in [2.45, 2.75) is 6.18 Å². The number of halogens is 3. The zero-order valence-corrected chi connectivity index (χ0v) is 7.30. The minimum Gasteiger partial charge on any atom is -0.306 e. The molecular weight excluding hydrogens is 213 g/mol. The van der Waals surface area contributed by atoms with Crippen molar-refractivity contribution < 1.29 is 23.2 Å². The Kier molecular flexibility index (Phi) is 3.15. The number of amides is 2. The Balaban J connectivity index is 2.77. The molecule has 0 unspecified atom stereocenters. The number of anilines is 1. The second-order valence-electron chi connectivity index (χ2n) is 2.64. The zero-order valence-electron chi connectivity index (χ0n) is 7.30. The van der Waals surface area contributed by atoms with E-state index in [0.29, 0.717) is 0 Å². The van der Waals surface area contributed by atoms with Crippen LogP contribution in [-0.4, -0.2) is 11.2 Å². The molecule has 0 spiro atoms. The quantitative estimate of drug-likeness (QED) is 0.502. The van der Waals surface area contributed by atoms with Crippen molar-refractivity contribution >= 4 is 11.7 Å². The summed E-state index contributed by atoms with van der Waals surface area (Å²) in [6.45, 7) is 0. The van der Waals surface area contributed by atoms with Crippen LogP contribution in [0.5, 0.6) is 0 Å². The van der Waals surface area contributed by atoms with Gasteiger partial charge in [0.2, 0.25) is 0 Å². The number of carbonyl (C=O) groups excluding carboxylic acids is 1. The number of alkyl halides is 3. The summed E-state index contributed by atoms with van der Waals surface area (Å²) in [7, 11) is 0. The van der Waals surface area contributed by atoms with Crippen LogP contribution >= 0.6 is 0 Å². The Morgan fingerprint density at radius 2 is 1.73 bits per heavy atom. The van der Waals surface area contributed by atoms with Gasteiger partial charge in [0.25, 0.3) is 0 Å². The Morgan fingerprint density at radius 1 is 1.20 bits per heavy atom. The lowest BCUT2D eigenvalue weighted by molar-refractivity contribution is -0.137. The lowest BCUT2D eigenvalue weighted by Gasteiger charge is -2.07. The predicted octanol–water partition coefficient (Wildman–Crippen LogP) is 2.22. The summed E-state index contributed by atoms with van der Waals surface area (Å²) in [6, 6.07) is 2.89. The standard InChI is InChI=1S/C8H7F3N2O2/c9-8(10,11)5-1-3-6(4-2-5)12-7(14)13-15/h1-4,15H,(H2,12,13,14). The van der Waals surface area contributed by atoms with Gasteiger partial charge in [0.15, 0.2) is 0 Å². The fourth-order valence-electron chi connectivity index (χ4n) is 0.902. The monoisotopic (exact) mass is 220 g/mol. The van der Waals surface area contributed by atoms with Gasteiger partial charge in [-0.05, 0) is 24.3 Å². The van der Waals surface area contributed by atoms with Gasteiger partial charge in [0, 0.05) is 5.69 Å². The molecule has 7 heteroatoms. The highest BCUT2D eigenvalue weighted by molar-refractivity contribution is 5.88. The van der Waals surface area contributed by atoms with Crippen molar-refractivity contribution in [3.8, 4) is 0 Å². The summed E-state index contributed by atoms with van der Waals surface area (Å²) >= 11 is 0. The molecule has 1 aromatic rings.